The van der Waals surface area contributed by atoms with Crippen molar-refractivity contribution in [3.63, 3.8) is 0 Å². The van der Waals surface area contributed by atoms with Crippen molar-refractivity contribution in [2.45, 2.75) is 18.9 Å². The molecule has 0 unspecified atom stereocenters. The van der Waals surface area contributed by atoms with Gasteiger partial charge in [-0.3, -0.25) is 9.36 Å². The van der Waals surface area contributed by atoms with Crippen LogP contribution < -0.4 is 11.2 Å². The van der Waals surface area contributed by atoms with Gasteiger partial charge in [0.25, 0.3) is 5.56 Å². The number of H-pyrrole nitrogens is 1. The van der Waals surface area contributed by atoms with E-state index in [1.807, 2.05) is 0 Å². The minimum absolute atomic E-state index is 0.0393. The lowest BCUT2D eigenvalue weighted by Crippen LogP contribution is -2.41. The monoisotopic (exact) mass is 310 g/mol. The third kappa shape index (κ3) is 2.35. The fourth-order valence-electron chi connectivity index (χ4n) is 2.72. The lowest BCUT2D eigenvalue weighted by atomic mass is 10.1. The summed E-state index contributed by atoms with van der Waals surface area (Å²) in [6.45, 7) is 0. The summed E-state index contributed by atoms with van der Waals surface area (Å²) < 4.78 is 23.9. The number of nitrogens with one attached hydrogen (secondary N) is 1. The highest BCUT2D eigenvalue weighted by molar-refractivity contribution is 7.91. The Morgan fingerprint density at radius 1 is 1.19 bits per heavy atom. The molecule has 0 spiro atoms. The molecule has 2 N–H and O–H groups in total. The average Bonchev–Trinajstić information content (AvgIpc) is 2.40. The fourth-order valence-corrected chi connectivity index (χ4v) is 4.19. The average molecular weight is 310 g/mol. The third-order valence-corrected chi connectivity index (χ3v) is 5.54. The maximum absolute atomic E-state index is 12.5. The van der Waals surface area contributed by atoms with Crippen LogP contribution in [0, 0.1) is 0 Å². The van der Waals surface area contributed by atoms with Gasteiger partial charge in [0.1, 0.15) is 21.0 Å². The van der Waals surface area contributed by atoms with E-state index >= 15 is 0 Å². The molecule has 0 aliphatic carbocycles. The summed E-state index contributed by atoms with van der Waals surface area (Å²) in [4.78, 5) is 27.1. The molecule has 0 atom stereocenters. The van der Waals surface area contributed by atoms with E-state index in [4.69, 9.17) is 0 Å². The molecule has 21 heavy (non-hydrogen) atoms. The zero-order chi connectivity index (χ0) is 15.2. The SMILES string of the molecule is O=c1[nH]c2cccc(O)c2c(=O)n1C1CCS(=O)(=O)CC1. The summed E-state index contributed by atoms with van der Waals surface area (Å²) in [6.07, 6.45) is 0.453. The number of phenols is 1. The summed E-state index contributed by atoms with van der Waals surface area (Å²) in [5.41, 5.74) is -0.900. The van der Waals surface area contributed by atoms with Crippen molar-refractivity contribution in [2.24, 2.45) is 0 Å². The van der Waals surface area contributed by atoms with Gasteiger partial charge in [-0.25, -0.2) is 13.2 Å². The first-order valence-electron chi connectivity index (χ1n) is 6.56. The maximum Gasteiger partial charge on any atom is 0.329 e. The van der Waals surface area contributed by atoms with E-state index in [-0.39, 0.29) is 41.0 Å². The molecule has 1 aromatic heterocycles. The van der Waals surface area contributed by atoms with Crippen LogP contribution >= 0.6 is 0 Å². The number of aromatic amines is 1. The van der Waals surface area contributed by atoms with Gasteiger partial charge in [0.05, 0.1) is 17.0 Å². The molecule has 2 heterocycles. The molecule has 7 nitrogen and oxygen atoms in total. The molecule has 0 bridgehead atoms. The Morgan fingerprint density at radius 2 is 1.86 bits per heavy atom. The molecule has 0 amide bonds. The highest BCUT2D eigenvalue weighted by Crippen LogP contribution is 2.23. The molecule has 1 saturated heterocycles. The Hall–Kier alpha value is -2.09. The third-order valence-electron chi connectivity index (χ3n) is 3.82. The second-order valence-corrected chi connectivity index (χ2v) is 7.49. The molecule has 1 aliphatic heterocycles. The van der Waals surface area contributed by atoms with E-state index in [0.717, 1.165) is 4.57 Å². The van der Waals surface area contributed by atoms with E-state index in [2.05, 4.69) is 4.98 Å². The minimum Gasteiger partial charge on any atom is -0.507 e. The van der Waals surface area contributed by atoms with Crippen LogP contribution in [-0.2, 0) is 9.84 Å². The number of sulfone groups is 1. The molecule has 1 aromatic carbocycles. The van der Waals surface area contributed by atoms with Gasteiger partial charge in [-0.1, -0.05) is 6.07 Å². The second kappa shape index (κ2) is 4.73. The number of fused-ring (bicyclic) bond motifs is 1. The van der Waals surface area contributed by atoms with Gasteiger partial charge in [-0.2, -0.15) is 0 Å². The van der Waals surface area contributed by atoms with Gasteiger partial charge in [0, 0.05) is 6.04 Å². The first-order valence-corrected chi connectivity index (χ1v) is 8.38. The molecule has 2 aromatic rings. The quantitative estimate of drug-likeness (QED) is 0.779. The van der Waals surface area contributed by atoms with Crippen LogP contribution in [0.5, 0.6) is 5.75 Å². The van der Waals surface area contributed by atoms with E-state index in [0.29, 0.717) is 0 Å². The van der Waals surface area contributed by atoms with E-state index < -0.39 is 27.1 Å². The number of phenolic OH excluding ortho intramolecular Hbond substituents is 1. The lowest BCUT2D eigenvalue weighted by molar-refractivity contribution is 0.424. The smallest absolute Gasteiger partial charge is 0.329 e. The van der Waals surface area contributed by atoms with Crippen LogP contribution in [0.25, 0.3) is 10.9 Å². The van der Waals surface area contributed by atoms with Crippen molar-refractivity contribution >= 4 is 20.7 Å². The van der Waals surface area contributed by atoms with Crippen LogP contribution in [-0.4, -0.2) is 34.6 Å². The van der Waals surface area contributed by atoms with Crippen molar-refractivity contribution in [1.29, 1.82) is 0 Å². The number of benzene rings is 1. The lowest BCUT2D eigenvalue weighted by Gasteiger charge is -2.23. The molecular formula is C13H14N2O5S. The Bertz CT molecular complexity index is 912. The second-order valence-electron chi connectivity index (χ2n) is 5.19. The van der Waals surface area contributed by atoms with E-state index in [9.17, 15) is 23.1 Å². The van der Waals surface area contributed by atoms with Gasteiger partial charge in [0.2, 0.25) is 0 Å². The fraction of sp³-hybridized carbons (Fsp3) is 0.385. The molecule has 0 saturated carbocycles. The molecule has 0 radical (unpaired) electrons. The summed E-state index contributed by atoms with van der Waals surface area (Å²) >= 11 is 0. The Kier molecular flexibility index (Phi) is 3.12. The van der Waals surface area contributed by atoms with Gasteiger partial charge < -0.3 is 10.1 Å². The van der Waals surface area contributed by atoms with E-state index in [1.165, 1.54) is 18.2 Å². The number of aromatic nitrogens is 2. The molecular weight excluding hydrogens is 296 g/mol. The van der Waals surface area contributed by atoms with Crippen LogP contribution in [0.15, 0.2) is 27.8 Å². The highest BCUT2D eigenvalue weighted by atomic mass is 32.2. The van der Waals surface area contributed by atoms with Crippen molar-refractivity contribution in [3.8, 4) is 5.75 Å². The maximum atomic E-state index is 12.5. The van der Waals surface area contributed by atoms with Crippen LogP contribution in [0.4, 0.5) is 0 Å². The van der Waals surface area contributed by atoms with Crippen LogP contribution in [0.2, 0.25) is 0 Å². The number of rotatable bonds is 1. The summed E-state index contributed by atoms with van der Waals surface area (Å²) in [5.74, 6) is -0.282. The number of nitrogens with zero attached hydrogens (tertiary/aromatic N) is 1. The minimum atomic E-state index is -3.08. The van der Waals surface area contributed by atoms with E-state index in [1.54, 1.807) is 0 Å². The largest absolute Gasteiger partial charge is 0.507 e. The van der Waals surface area contributed by atoms with Crippen molar-refractivity contribution in [3.05, 3.63) is 39.0 Å². The van der Waals surface area contributed by atoms with Crippen LogP contribution in [0.3, 0.4) is 0 Å². The predicted molar refractivity (Wildman–Crippen MR) is 77.4 cm³/mol. The topological polar surface area (TPSA) is 109 Å². The molecule has 1 fully saturated rings. The number of hydrogen-bond donors (Lipinski definition) is 2. The van der Waals surface area contributed by atoms with Gasteiger partial charge in [-0.15, -0.1) is 0 Å². The summed E-state index contributed by atoms with van der Waals surface area (Å²) in [5, 5.41) is 9.86. The molecule has 1 aliphatic rings. The Labute approximate surface area is 119 Å². The van der Waals surface area contributed by atoms with Crippen molar-refractivity contribution < 1.29 is 13.5 Å². The predicted octanol–water partition coefficient (Wildman–Crippen LogP) is 0.145. The Morgan fingerprint density at radius 3 is 2.52 bits per heavy atom. The van der Waals surface area contributed by atoms with Gasteiger partial charge >= 0.3 is 5.69 Å². The molecule has 112 valence electrons. The van der Waals surface area contributed by atoms with Crippen LogP contribution in [0.1, 0.15) is 18.9 Å². The van der Waals surface area contributed by atoms with Crippen molar-refractivity contribution in [2.75, 3.05) is 11.5 Å². The summed E-state index contributed by atoms with van der Waals surface area (Å²) in [6, 6.07) is 3.98. The summed E-state index contributed by atoms with van der Waals surface area (Å²) in [7, 11) is -3.08. The Balaban J connectivity index is 2.18. The standard InChI is InChI=1S/C13H14N2O5S/c16-10-3-1-2-9-11(10)12(17)15(13(18)14-9)8-4-6-21(19,20)7-5-8/h1-3,8,16H,4-7H2,(H,14,18). The van der Waals surface area contributed by atoms with Crippen molar-refractivity contribution in [1.82, 2.24) is 9.55 Å². The van der Waals surface area contributed by atoms with Gasteiger partial charge in [-0.05, 0) is 25.0 Å². The number of hydrogen-bond acceptors (Lipinski definition) is 5. The molecule has 8 heteroatoms. The molecule has 3 rings (SSSR count). The zero-order valence-electron chi connectivity index (χ0n) is 11.1. The normalized spacial score (nSPS) is 18.9. The first-order chi connectivity index (χ1) is 9.89. The highest BCUT2D eigenvalue weighted by Gasteiger charge is 2.27. The first kappa shape index (κ1) is 13.9. The van der Waals surface area contributed by atoms with Gasteiger partial charge in [0.15, 0.2) is 0 Å². The zero-order valence-corrected chi connectivity index (χ0v) is 11.9. The number of aromatic hydroxyl groups is 1.